The summed E-state index contributed by atoms with van der Waals surface area (Å²) in [5.74, 6) is -5.30. The monoisotopic (exact) mass is 439 g/mol. The van der Waals surface area contributed by atoms with Gasteiger partial charge in [0.05, 0.1) is 12.2 Å². The van der Waals surface area contributed by atoms with E-state index in [1.165, 1.54) is 4.90 Å². The van der Waals surface area contributed by atoms with Crippen LogP contribution < -0.4 is 0 Å². The molecule has 8 heteroatoms. The molecule has 0 aromatic rings. The van der Waals surface area contributed by atoms with Gasteiger partial charge in [-0.3, -0.25) is 9.59 Å². The van der Waals surface area contributed by atoms with Crippen molar-refractivity contribution >= 4 is 17.7 Å². The molecule has 7 atom stereocenters. The van der Waals surface area contributed by atoms with Crippen LogP contribution in [0.3, 0.4) is 0 Å². The first-order valence-corrected chi connectivity index (χ1v) is 11.2. The standard InChI is InChI=1S/C23H37NO7/c1-13(17(5)25)12-14(2)18(6)30-22(28)19-8-7-11-24(19)21(27)20(26)23(29)15(3)9-10-16(4)31-23/h12-13,15-19,25,29H,7-11H2,1-6H3/b14-12+/t13-,15-,16?,17+,18+,19+,23-/m1/s1. The molecule has 2 fully saturated rings. The molecule has 0 saturated carbocycles. The quantitative estimate of drug-likeness (QED) is 0.354. The lowest BCUT2D eigenvalue weighted by atomic mass is 9.87. The Balaban J connectivity index is 2.08. The summed E-state index contributed by atoms with van der Waals surface area (Å²) < 4.78 is 11.0. The average molecular weight is 440 g/mol. The minimum absolute atomic E-state index is 0.0936. The van der Waals surface area contributed by atoms with Crippen molar-refractivity contribution in [3.05, 3.63) is 11.6 Å². The van der Waals surface area contributed by atoms with Crippen LogP contribution >= 0.6 is 0 Å². The van der Waals surface area contributed by atoms with E-state index >= 15 is 0 Å². The first kappa shape index (κ1) is 25.5. The van der Waals surface area contributed by atoms with Gasteiger partial charge < -0.3 is 24.6 Å². The highest BCUT2D eigenvalue weighted by Crippen LogP contribution is 2.34. The number of Topliss-reactive ketones (excluding diaryl/α,β-unsaturated/α-hetero) is 1. The second-order valence-electron chi connectivity index (χ2n) is 9.18. The molecule has 2 aliphatic rings. The number of rotatable bonds is 7. The molecule has 0 bridgehead atoms. The van der Waals surface area contributed by atoms with Crippen LogP contribution in [0.15, 0.2) is 11.6 Å². The maximum absolute atomic E-state index is 12.9. The number of ketones is 1. The van der Waals surface area contributed by atoms with Gasteiger partial charge in [-0.2, -0.15) is 0 Å². The lowest BCUT2D eigenvalue weighted by Crippen LogP contribution is -2.58. The maximum atomic E-state index is 12.9. The number of likely N-dealkylation sites (tertiary alicyclic amines) is 1. The average Bonchev–Trinajstić information content (AvgIpc) is 3.19. The van der Waals surface area contributed by atoms with E-state index in [9.17, 15) is 24.6 Å². The Labute approximate surface area is 184 Å². The van der Waals surface area contributed by atoms with E-state index in [-0.39, 0.29) is 18.6 Å². The molecule has 0 aliphatic carbocycles. The topological polar surface area (TPSA) is 113 Å². The van der Waals surface area contributed by atoms with Crippen LogP contribution in [0.2, 0.25) is 0 Å². The van der Waals surface area contributed by atoms with Crippen molar-refractivity contribution in [1.82, 2.24) is 4.90 Å². The lowest BCUT2D eigenvalue weighted by Gasteiger charge is -2.39. The first-order chi connectivity index (χ1) is 14.4. The smallest absolute Gasteiger partial charge is 0.329 e. The number of amides is 1. The number of aliphatic hydroxyl groups is 2. The second kappa shape index (κ2) is 10.2. The Hall–Kier alpha value is -1.77. The van der Waals surface area contributed by atoms with Crippen molar-refractivity contribution in [3.8, 4) is 0 Å². The Morgan fingerprint density at radius 3 is 2.42 bits per heavy atom. The van der Waals surface area contributed by atoms with Gasteiger partial charge in [-0.15, -0.1) is 0 Å². The van der Waals surface area contributed by atoms with E-state index in [4.69, 9.17) is 9.47 Å². The fraction of sp³-hybridized carbons (Fsp3) is 0.783. The Morgan fingerprint density at radius 1 is 1.16 bits per heavy atom. The summed E-state index contributed by atoms with van der Waals surface area (Å²) in [7, 11) is 0. The van der Waals surface area contributed by atoms with Gasteiger partial charge in [0.15, 0.2) is 0 Å². The van der Waals surface area contributed by atoms with E-state index in [1.807, 2.05) is 19.9 Å². The predicted molar refractivity (Wildman–Crippen MR) is 114 cm³/mol. The number of esters is 1. The molecule has 2 saturated heterocycles. The van der Waals surface area contributed by atoms with Gasteiger partial charge in [0.1, 0.15) is 12.1 Å². The molecule has 31 heavy (non-hydrogen) atoms. The van der Waals surface area contributed by atoms with Gasteiger partial charge >= 0.3 is 5.97 Å². The molecule has 1 unspecified atom stereocenters. The number of carbonyl (C=O) groups excluding carboxylic acids is 3. The Kier molecular flexibility index (Phi) is 8.41. The molecule has 1 amide bonds. The van der Waals surface area contributed by atoms with Crippen LogP contribution in [0.1, 0.15) is 67.2 Å². The van der Waals surface area contributed by atoms with Crippen molar-refractivity contribution in [2.24, 2.45) is 11.8 Å². The summed E-state index contributed by atoms with van der Waals surface area (Å²) in [4.78, 5) is 39.8. The molecule has 2 rings (SSSR count). The summed E-state index contributed by atoms with van der Waals surface area (Å²) in [6, 6.07) is -0.874. The molecule has 2 aliphatic heterocycles. The van der Waals surface area contributed by atoms with Crippen LogP contribution in [-0.2, 0) is 23.9 Å². The molecule has 176 valence electrons. The van der Waals surface area contributed by atoms with Gasteiger partial charge in [-0.05, 0) is 59.0 Å². The summed E-state index contributed by atoms with van der Waals surface area (Å²) in [6.07, 6.45) is 2.67. The van der Waals surface area contributed by atoms with Crippen LogP contribution in [0, 0.1) is 11.8 Å². The summed E-state index contributed by atoms with van der Waals surface area (Å²) in [6.45, 7) is 10.8. The van der Waals surface area contributed by atoms with Crippen LogP contribution in [0.4, 0.5) is 0 Å². The molecule has 2 N–H and O–H groups in total. The fourth-order valence-corrected chi connectivity index (χ4v) is 4.01. The number of hydrogen-bond acceptors (Lipinski definition) is 7. The maximum Gasteiger partial charge on any atom is 0.329 e. The highest BCUT2D eigenvalue weighted by molar-refractivity contribution is 6.39. The zero-order chi connectivity index (χ0) is 23.5. The molecule has 0 aromatic carbocycles. The largest absolute Gasteiger partial charge is 0.457 e. The number of hydrogen-bond donors (Lipinski definition) is 2. The van der Waals surface area contributed by atoms with E-state index in [1.54, 1.807) is 27.7 Å². The van der Waals surface area contributed by atoms with Crippen molar-refractivity contribution < 1.29 is 34.1 Å². The summed E-state index contributed by atoms with van der Waals surface area (Å²) >= 11 is 0. The third-order valence-electron chi connectivity index (χ3n) is 6.58. The van der Waals surface area contributed by atoms with E-state index in [2.05, 4.69) is 0 Å². The molecule has 0 aromatic heterocycles. The van der Waals surface area contributed by atoms with Crippen LogP contribution in [0.5, 0.6) is 0 Å². The first-order valence-electron chi connectivity index (χ1n) is 11.2. The summed E-state index contributed by atoms with van der Waals surface area (Å²) in [5, 5.41) is 20.5. The Morgan fingerprint density at radius 2 is 1.81 bits per heavy atom. The third-order valence-corrected chi connectivity index (χ3v) is 6.58. The highest BCUT2D eigenvalue weighted by Gasteiger charge is 2.52. The molecule has 2 heterocycles. The van der Waals surface area contributed by atoms with Crippen molar-refractivity contribution in [1.29, 1.82) is 0 Å². The van der Waals surface area contributed by atoms with Gasteiger partial charge in [0, 0.05) is 18.4 Å². The van der Waals surface area contributed by atoms with E-state index in [0.29, 0.717) is 25.7 Å². The zero-order valence-corrected chi connectivity index (χ0v) is 19.5. The van der Waals surface area contributed by atoms with Crippen molar-refractivity contribution in [2.45, 2.75) is 97.4 Å². The summed E-state index contributed by atoms with van der Waals surface area (Å²) in [5.41, 5.74) is 0.793. The minimum Gasteiger partial charge on any atom is -0.457 e. The molecule has 0 spiro atoms. The van der Waals surface area contributed by atoms with Gasteiger partial charge in [-0.1, -0.05) is 19.9 Å². The molecule has 0 radical (unpaired) electrons. The van der Waals surface area contributed by atoms with E-state index < -0.39 is 47.6 Å². The normalized spacial score (nSPS) is 32.3. The van der Waals surface area contributed by atoms with Gasteiger partial charge in [0.2, 0.25) is 5.79 Å². The number of nitrogens with zero attached hydrogens (tertiary/aromatic N) is 1. The van der Waals surface area contributed by atoms with Crippen LogP contribution in [-0.4, -0.2) is 69.5 Å². The predicted octanol–water partition coefficient (Wildman–Crippen LogP) is 1.96. The zero-order valence-electron chi connectivity index (χ0n) is 19.5. The Bertz CT molecular complexity index is 719. The van der Waals surface area contributed by atoms with Crippen molar-refractivity contribution in [3.63, 3.8) is 0 Å². The number of ether oxygens (including phenoxy) is 2. The minimum atomic E-state index is -2.17. The fourth-order valence-electron chi connectivity index (χ4n) is 4.01. The molecular weight excluding hydrogens is 402 g/mol. The van der Waals surface area contributed by atoms with E-state index in [0.717, 1.165) is 5.57 Å². The number of aliphatic hydroxyl groups excluding tert-OH is 1. The number of carbonyl (C=O) groups is 3. The highest BCUT2D eigenvalue weighted by atomic mass is 16.6. The SMILES string of the molecule is C/C(=C\[C@@H](C)[C@H](C)O)[C@H](C)OC(=O)[C@@H]1CCCN1C(=O)C(=O)[C@]1(O)OC(C)CC[C@H]1C. The van der Waals surface area contributed by atoms with Crippen molar-refractivity contribution in [2.75, 3.05) is 6.54 Å². The molecule has 8 nitrogen and oxygen atoms in total. The van der Waals surface area contributed by atoms with Gasteiger partial charge in [-0.25, -0.2) is 4.79 Å². The van der Waals surface area contributed by atoms with Gasteiger partial charge in [0.25, 0.3) is 11.7 Å². The second-order valence-corrected chi connectivity index (χ2v) is 9.18. The lowest BCUT2D eigenvalue weighted by molar-refractivity contribution is -0.259. The third kappa shape index (κ3) is 5.73. The van der Waals surface area contributed by atoms with Crippen LogP contribution in [0.25, 0.3) is 0 Å². The molecular formula is C23H37NO7.